The van der Waals surface area contributed by atoms with Crippen molar-refractivity contribution in [2.75, 3.05) is 13.2 Å². The van der Waals surface area contributed by atoms with Crippen LogP contribution in [0.1, 0.15) is 6.92 Å². The highest BCUT2D eigenvalue weighted by molar-refractivity contribution is 5.84. The smallest absolute Gasteiger partial charge is 0.316 e. The fourth-order valence-corrected chi connectivity index (χ4v) is 2.50. The minimum atomic E-state index is -0.143. The Bertz CT molecular complexity index is 417. The number of fused-ring (bicyclic) bond motifs is 2. The van der Waals surface area contributed by atoms with Crippen LogP contribution in [0.25, 0.3) is 0 Å². The van der Waals surface area contributed by atoms with Crippen molar-refractivity contribution < 1.29 is 14.3 Å². The average molecular weight is 218 g/mol. The normalized spacial score (nSPS) is 34.4. The first-order chi connectivity index (χ1) is 7.83. The van der Waals surface area contributed by atoms with E-state index in [1.807, 2.05) is 19.1 Å². The lowest BCUT2D eigenvalue weighted by Crippen LogP contribution is -2.17. The molecule has 0 spiro atoms. The van der Waals surface area contributed by atoms with Crippen LogP contribution in [0.5, 0.6) is 0 Å². The third-order valence-electron chi connectivity index (χ3n) is 3.29. The number of carbonyl (C=O) groups excluding carboxylic acids is 1. The summed E-state index contributed by atoms with van der Waals surface area (Å²) in [5.74, 6) is 0.0466. The third kappa shape index (κ3) is 1.35. The summed E-state index contributed by atoms with van der Waals surface area (Å²) < 4.78 is 10.7. The minimum absolute atomic E-state index is 0.0125. The van der Waals surface area contributed by atoms with E-state index >= 15 is 0 Å². The van der Waals surface area contributed by atoms with E-state index in [-0.39, 0.29) is 18.0 Å². The van der Waals surface area contributed by atoms with Crippen molar-refractivity contribution in [3.05, 3.63) is 35.5 Å². The van der Waals surface area contributed by atoms with Gasteiger partial charge in [-0.15, -0.1) is 0 Å². The SMILES string of the molecule is CCOC(=O)C1C2=C3C=CC=CC3COC21. The Kier molecular flexibility index (Phi) is 2.21. The van der Waals surface area contributed by atoms with Crippen LogP contribution in [0, 0.1) is 11.8 Å². The molecule has 1 aliphatic heterocycles. The summed E-state index contributed by atoms with van der Waals surface area (Å²) in [7, 11) is 0. The van der Waals surface area contributed by atoms with Crippen LogP contribution in [-0.2, 0) is 14.3 Å². The molecule has 0 aromatic heterocycles. The molecule has 3 aliphatic rings. The van der Waals surface area contributed by atoms with E-state index in [2.05, 4.69) is 12.2 Å². The van der Waals surface area contributed by atoms with Crippen molar-refractivity contribution >= 4 is 5.97 Å². The second-order valence-corrected chi connectivity index (χ2v) is 4.24. The first-order valence-corrected chi connectivity index (χ1v) is 5.70. The standard InChI is InChI=1S/C13H14O3/c1-2-15-13(14)11-10-9-6-4-3-5-8(9)7-16-12(10)11/h3-6,8,11-12H,2,7H2,1H3. The Morgan fingerprint density at radius 1 is 1.56 bits per heavy atom. The molecule has 3 atom stereocenters. The van der Waals surface area contributed by atoms with Crippen molar-refractivity contribution in [2.24, 2.45) is 11.8 Å². The molecule has 3 unspecified atom stereocenters. The molecule has 16 heavy (non-hydrogen) atoms. The van der Waals surface area contributed by atoms with Gasteiger partial charge in [-0.25, -0.2) is 0 Å². The molecule has 3 rings (SSSR count). The number of esters is 1. The zero-order chi connectivity index (χ0) is 11.1. The average Bonchev–Trinajstić information content (AvgIpc) is 3.04. The Labute approximate surface area is 94.4 Å². The summed E-state index contributed by atoms with van der Waals surface area (Å²) in [5.41, 5.74) is 2.40. The van der Waals surface area contributed by atoms with Crippen molar-refractivity contribution in [1.82, 2.24) is 0 Å². The fraction of sp³-hybridized carbons (Fsp3) is 0.462. The molecule has 1 saturated carbocycles. The van der Waals surface area contributed by atoms with E-state index in [1.165, 1.54) is 5.57 Å². The molecule has 0 N–H and O–H groups in total. The van der Waals surface area contributed by atoms with E-state index in [0.717, 1.165) is 5.57 Å². The Balaban J connectivity index is 1.86. The van der Waals surface area contributed by atoms with E-state index in [0.29, 0.717) is 19.1 Å². The van der Waals surface area contributed by atoms with E-state index in [4.69, 9.17) is 9.47 Å². The monoisotopic (exact) mass is 218 g/mol. The van der Waals surface area contributed by atoms with Crippen molar-refractivity contribution in [2.45, 2.75) is 13.0 Å². The van der Waals surface area contributed by atoms with E-state index in [9.17, 15) is 4.79 Å². The first kappa shape index (κ1) is 9.85. The van der Waals surface area contributed by atoms with Gasteiger partial charge in [0.15, 0.2) is 0 Å². The Morgan fingerprint density at radius 3 is 3.25 bits per heavy atom. The number of hydrogen-bond donors (Lipinski definition) is 0. The van der Waals surface area contributed by atoms with Crippen molar-refractivity contribution in [1.29, 1.82) is 0 Å². The van der Waals surface area contributed by atoms with Crippen LogP contribution in [0.15, 0.2) is 35.5 Å². The topological polar surface area (TPSA) is 35.5 Å². The maximum Gasteiger partial charge on any atom is 0.316 e. The molecule has 0 saturated heterocycles. The molecule has 3 nitrogen and oxygen atoms in total. The van der Waals surface area contributed by atoms with Gasteiger partial charge in [-0.05, 0) is 18.1 Å². The number of ether oxygens (including phenoxy) is 2. The van der Waals surface area contributed by atoms with Gasteiger partial charge in [0.2, 0.25) is 0 Å². The molecule has 84 valence electrons. The minimum Gasteiger partial charge on any atom is -0.465 e. The zero-order valence-electron chi connectivity index (χ0n) is 9.18. The van der Waals surface area contributed by atoms with Gasteiger partial charge in [0.05, 0.1) is 19.3 Å². The van der Waals surface area contributed by atoms with E-state index < -0.39 is 0 Å². The zero-order valence-corrected chi connectivity index (χ0v) is 9.18. The number of carbonyl (C=O) groups is 1. The molecule has 0 aromatic carbocycles. The van der Waals surface area contributed by atoms with Crippen molar-refractivity contribution in [3.8, 4) is 0 Å². The lowest BCUT2D eigenvalue weighted by atomic mass is 9.93. The highest BCUT2D eigenvalue weighted by atomic mass is 16.5. The Hall–Kier alpha value is -1.35. The van der Waals surface area contributed by atoms with Gasteiger partial charge < -0.3 is 9.47 Å². The second kappa shape index (κ2) is 3.59. The molecule has 0 aromatic rings. The summed E-state index contributed by atoms with van der Waals surface area (Å²) in [4.78, 5) is 11.7. The highest BCUT2D eigenvalue weighted by Crippen LogP contribution is 2.50. The maximum absolute atomic E-state index is 11.7. The molecule has 3 heteroatoms. The second-order valence-electron chi connectivity index (χ2n) is 4.24. The summed E-state index contributed by atoms with van der Waals surface area (Å²) in [6, 6.07) is 0. The molecule has 0 radical (unpaired) electrons. The van der Waals surface area contributed by atoms with Gasteiger partial charge >= 0.3 is 5.97 Å². The summed E-state index contributed by atoms with van der Waals surface area (Å²) in [6.45, 7) is 2.94. The number of allylic oxidation sites excluding steroid dienone is 3. The van der Waals surface area contributed by atoms with Gasteiger partial charge in [-0.1, -0.05) is 24.3 Å². The maximum atomic E-state index is 11.7. The quantitative estimate of drug-likeness (QED) is 0.661. The first-order valence-electron chi connectivity index (χ1n) is 5.70. The molecule has 2 aliphatic carbocycles. The summed E-state index contributed by atoms with van der Waals surface area (Å²) in [6.07, 6.45) is 8.25. The molecular formula is C13H14O3. The lowest BCUT2D eigenvalue weighted by molar-refractivity contribution is -0.145. The molecule has 0 amide bonds. The van der Waals surface area contributed by atoms with Gasteiger partial charge in [0.1, 0.15) is 5.92 Å². The van der Waals surface area contributed by atoms with Crippen LogP contribution in [0.4, 0.5) is 0 Å². The van der Waals surface area contributed by atoms with Crippen LogP contribution in [0.2, 0.25) is 0 Å². The molecule has 1 heterocycles. The largest absolute Gasteiger partial charge is 0.465 e. The van der Waals surface area contributed by atoms with Gasteiger partial charge in [-0.3, -0.25) is 4.79 Å². The van der Waals surface area contributed by atoms with Crippen LogP contribution in [0.3, 0.4) is 0 Å². The molecular weight excluding hydrogens is 204 g/mol. The van der Waals surface area contributed by atoms with Crippen LogP contribution >= 0.6 is 0 Å². The van der Waals surface area contributed by atoms with Crippen LogP contribution in [-0.4, -0.2) is 25.3 Å². The Morgan fingerprint density at radius 2 is 2.44 bits per heavy atom. The van der Waals surface area contributed by atoms with Crippen molar-refractivity contribution in [3.63, 3.8) is 0 Å². The fourth-order valence-electron chi connectivity index (χ4n) is 2.50. The van der Waals surface area contributed by atoms with Gasteiger partial charge in [0, 0.05) is 5.92 Å². The van der Waals surface area contributed by atoms with Gasteiger partial charge in [0.25, 0.3) is 0 Å². The summed E-state index contributed by atoms with van der Waals surface area (Å²) in [5, 5.41) is 0. The predicted molar refractivity (Wildman–Crippen MR) is 58.7 cm³/mol. The number of rotatable bonds is 2. The third-order valence-corrected chi connectivity index (χ3v) is 3.29. The number of hydrogen-bond acceptors (Lipinski definition) is 3. The van der Waals surface area contributed by atoms with E-state index in [1.54, 1.807) is 0 Å². The summed E-state index contributed by atoms with van der Waals surface area (Å²) >= 11 is 0. The highest BCUT2D eigenvalue weighted by Gasteiger charge is 2.56. The molecule has 0 bridgehead atoms. The molecule has 1 fully saturated rings. The van der Waals surface area contributed by atoms with Crippen LogP contribution < -0.4 is 0 Å². The predicted octanol–water partition coefficient (Wildman–Crippen LogP) is 1.62. The lowest BCUT2D eigenvalue weighted by Gasteiger charge is -2.20. The van der Waals surface area contributed by atoms with Gasteiger partial charge in [-0.2, -0.15) is 0 Å².